The van der Waals surface area contributed by atoms with Crippen LogP contribution in [0.5, 0.6) is 5.75 Å². The zero-order valence-corrected chi connectivity index (χ0v) is 10.4. The molecule has 0 atom stereocenters. The predicted octanol–water partition coefficient (Wildman–Crippen LogP) is 3.47. The van der Waals surface area contributed by atoms with Gasteiger partial charge in [-0.3, -0.25) is 0 Å². The molecule has 1 heterocycles. The predicted molar refractivity (Wildman–Crippen MR) is 74.3 cm³/mol. The highest BCUT2D eigenvalue weighted by Crippen LogP contribution is 2.33. The Morgan fingerprint density at radius 2 is 1.79 bits per heavy atom. The van der Waals surface area contributed by atoms with Crippen molar-refractivity contribution < 1.29 is 9.52 Å². The molecule has 3 rings (SSSR count). The lowest BCUT2D eigenvalue weighted by Crippen LogP contribution is -1.97. The zero-order valence-electron chi connectivity index (χ0n) is 10.4. The molecule has 19 heavy (non-hydrogen) atoms. The van der Waals surface area contributed by atoms with Gasteiger partial charge in [0, 0.05) is 17.0 Å². The van der Waals surface area contributed by atoms with Gasteiger partial charge in [0.1, 0.15) is 11.3 Å². The maximum atomic E-state index is 11.4. The molecule has 0 saturated heterocycles. The number of rotatable bonds is 1. The van der Waals surface area contributed by atoms with Crippen molar-refractivity contribution in [2.75, 3.05) is 0 Å². The van der Waals surface area contributed by atoms with Gasteiger partial charge >= 0.3 is 5.63 Å². The lowest BCUT2D eigenvalue weighted by atomic mass is 10.0. The van der Waals surface area contributed by atoms with Crippen molar-refractivity contribution in [1.82, 2.24) is 0 Å². The Bertz CT molecular complexity index is 801. The minimum absolute atomic E-state index is 0.177. The van der Waals surface area contributed by atoms with E-state index in [1.54, 1.807) is 12.1 Å². The SMILES string of the molecule is Cc1cc(=O)oc2cc(-c3ccccc3)c(O)cc12. The van der Waals surface area contributed by atoms with Crippen molar-refractivity contribution in [2.45, 2.75) is 6.92 Å². The molecule has 1 aromatic heterocycles. The number of hydrogen-bond donors (Lipinski definition) is 1. The van der Waals surface area contributed by atoms with Gasteiger partial charge in [-0.15, -0.1) is 0 Å². The molecule has 0 radical (unpaired) electrons. The molecule has 94 valence electrons. The molecule has 0 spiro atoms. The van der Waals surface area contributed by atoms with Crippen molar-refractivity contribution in [3.8, 4) is 16.9 Å². The number of phenolic OH excluding ortho intramolecular Hbond substituents is 1. The van der Waals surface area contributed by atoms with E-state index in [1.165, 1.54) is 6.07 Å². The first kappa shape index (κ1) is 11.5. The van der Waals surface area contributed by atoms with Crippen LogP contribution >= 0.6 is 0 Å². The van der Waals surface area contributed by atoms with Gasteiger partial charge in [0.25, 0.3) is 0 Å². The standard InChI is InChI=1S/C16H12O3/c1-10-7-16(18)19-15-9-13(14(17)8-12(10)15)11-5-3-2-4-6-11/h2-9,17H,1H3. The van der Waals surface area contributed by atoms with Crippen molar-refractivity contribution in [2.24, 2.45) is 0 Å². The molecule has 0 bridgehead atoms. The van der Waals surface area contributed by atoms with E-state index in [0.29, 0.717) is 11.1 Å². The largest absolute Gasteiger partial charge is 0.507 e. The third kappa shape index (κ3) is 1.99. The topological polar surface area (TPSA) is 50.4 Å². The van der Waals surface area contributed by atoms with Crippen LogP contribution in [0.2, 0.25) is 0 Å². The van der Waals surface area contributed by atoms with Gasteiger partial charge in [-0.25, -0.2) is 4.79 Å². The van der Waals surface area contributed by atoms with E-state index in [-0.39, 0.29) is 11.4 Å². The van der Waals surface area contributed by atoms with Crippen molar-refractivity contribution in [3.05, 3.63) is 64.5 Å². The van der Waals surface area contributed by atoms with Gasteiger partial charge in [0.05, 0.1) is 0 Å². The second-order valence-corrected chi connectivity index (χ2v) is 4.48. The van der Waals surface area contributed by atoms with Crippen LogP contribution in [0.4, 0.5) is 0 Å². The van der Waals surface area contributed by atoms with Gasteiger partial charge in [-0.05, 0) is 30.2 Å². The molecule has 3 aromatic rings. The number of aromatic hydroxyl groups is 1. The molecule has 0 aliphatic carbocycles. The Kier molecular flexibility index (Phi) is 2.60. The molecule has 0 aliphatic rings. The molecule has 0 amide bonds. The van der Waals surface area contributed by atoms with Gasteiger partial charge in [-0.1, -0.05) is 30.3 Å². The van der Waals surface area contributed by atoms with Crippen LogP contribution in [0.3, 0.4) is 0 Å². The lowest BCUT2D eigenvalue weighted by Gasteiger charge is -2.07. The van der Waals surface area contributed by atoms with E-state index in [9.17, 15) is 9.90 Å². The quantitative estimate of drug-likeness (QED) is 0.674. The summed E-state index contributed by atoms with van der Waals surface area (Å²) < 4.78 is 5.19. The highest BCUT2D eigenvalue weighted by atomic mass is 16.4. The maximum absolute atomic E-state index is 11.4. The molecule has 1 N–H and O–H groups in total. The van der Waals surface area contributed by atoms with E-state index in [0.717, 1.165) is 16.5 Å². The monoisotopic (exact) mass is 252 g/mol. The molecule has 3 heteroatoms. The summed E-state index contributed by atoms with van der Waals surface area (Å²) in [6, 6.07) is 14.3. The van der Waals surface area contributed by atoms with Crippen LogP contribution in [-0.2, 0) is 0 Å². The van der Waals surface area contributed by atoms with Crippen LogP contribution in [0.15, 0.2) is 57.7 Å². The summed E-state index contributed by atoms with van der Waals surface area (Å²) in [5, 5.41) is 10.9. The highest BCUT2D eigenvalue weighted by molar-refractivity contribution is 5.88. The Labute approximate surface area is 109 Å². The van der Waals surface area contributed by atoms with Crippen LogP contribution in [0, 0.1) is 6.92 Å². The van der Waals surface area contributed by atoms with Crippen LogP contribution < -0.4 is 5.63 Å². The summed E-state index contributed by atoms with van der Waals surface area (Å²) in [6.07, 6.45) is 0. The number of hydrogen-bond acceptors (Lipinski definition) is 3. The molecular weight excluding hydrogens is 240 g/mol. The van der Waals surface area contributed by atoms with Crippen LogP contribution in [0.25, 0.3) is 22.1 Å². The summed E-state index contributed by atoms with van der Waals surface area (Å²) in [4.78, 5) is 11.4. The number of benzene rings is 2. The first-order chi connectivity index (χ1) is 9.15. The zero-order chi connectivity index (χ0) is 13.4. The fourth-order valence-corrected chi connectivity index (χ4v) is 2.20. The third-order valence-corrected chi connectivity index (χ3v) is 3.15. The summed E-state index contributed by atoms with van der Waals surface area (Å²) in [5.74, 6) is 0.177. The van der Waals surface area contributed by atoms with Crippen LogP contribution in [-0.4, -0.2) is 5.11 Å². The first-order valence-corrected chi connectivity index (χ1v) is 5.98. The highest BCUT2D eigenvalue weighted by Gasteiger charge is 2.09. The van der Waals surface area contributed by atoms with Crippen molar-refractivity contribution >= 4 is 11.0 Å². The second kappa shape index (κ2) is 4.28. The molecule has 2 aromatic carbocycles. The normalized spacial score (nSPS) is 10.8. The Morgan fingerprint density at radius 3 is 2.53 bits per heavy atom. The van der Waals surface area contributed by atoms with Crippen molar-refractivity contribution in [1.29, 1.82) is 0 Å². The molecule has 0 fully saturated rings. The van der Waals surface area contributed by atoms with Gasteiger partial charge in [-0.2, -0.15) is 0 Å². The van der Waals surface area contributed by atoms with E-state index >= 15 is 0 Å². The van der Waals surface area contributed by atoms with Gasteiger partial charge in [0.15, 0.2) is 0 Å². The average molecular weight is 252 g/mol. The molecular formula is C16H12O3. The van der Waals surface area contributed by atoms with E-state index in [1.807, 2.05) is 37.3 Å². The van der Waals surface area contributed by atoms with Crippen molar-refractivity contribution in [3.63, 3.8) is 0 Å². The van der Waals surface area contributed by atoms with Gasteiger partial charge < -0.3 is 9.52 Å². The fourth-order valence-electron chi connectivity index (χ4n) is 2.20. The molecule has 0 unspecified atom stereocenters. The fraction of sp³-hybridized carbons (Fsp3) is 0.0625. The minimum atomic E-state index is -0.380. The summed E-state index contributed by atoms with van der Waals surface area (Å²) in [6.45, 7) is 1.82. The Hall–Kier alpha value is -2.55. The number of aryl methyl sites for hydroxylation is 1. The third-order valence-electron chi connectivity index (χ3n) is 3.15. The minimum Gasteiger partial charge on any atom is -0.507 e. The Balaban J connectivity index is 2.34. The lowest BCUT2D eigenvalue weighted by molar-refractivity contribution is 0.477. The summed E-state index contributed by atoms with van der Waals surface area (Å²) >= 11 is 0. The molecule has 0 aliphatic heterocycles. The average Bonchev–Trinajstić information content (AvgIpc) is 2.40. The first-order valence-electron chi connectivity index (χ1n) is 5.98. The van der Waals surface area contributed by atoms with E-state index < -0.39 is 0 Å². The summed E-state index contributed by atoms with van der Waals surface area (Å²) in [5.41, 5.74) is 2.44. The number of fused-ring (bicyclic) bond motifs is 1. The smallest absolute Gasteiger partial charge is 0.336 e. The van der Waals surface area contributed by atoms with E-state index in [4.69, 9.17) is 4.42 Å². The molecule has 3 nitrogen and oxygen atoms in total. The van der Waals surface area contributed by atoms with Crippen LogP contribution in [0.1, 0.15) is 5.56 Å². The summed E-state index contributed by atoms with van der Waals surface area (Å²) in [7, 11) is 0. The Morgan fingerprint density at radius 1 is 1.05 bits per heavy atom. The van der Waals surface area contributed by atoms with Gasteiger partial charge in [0.2, 0.25) is 0 Å². The second-order valence-electron chi connectivity index (χ2n) is 4.48. The molecule has 0 saturated carbocycles. The maximum Gasteiger partial charge on any atom is 0.336 e. The number of phenols is 1. The van der Waals surface area contributed by atoms with E-state index in [2.05, 4.69) is 0 Å².